The molecule has 0 atom stereocenters. The topological polar surface area (TPSA) is 129 Å². The highest BCUT2D eigenvalue weighted by molar-refractivity contribution is 7.25. The van der Waals surface area contributed by atoms with Crippen molar-refractivity contribution < 1.29 is 18.4 Å². The molecule has 0 saturated carbocycles. The number of thiophene rings is 4. The van der Waals surface area contributed by atoms with E-state index in [1.54, 1.807) is 60.7 Å². The Morgan fingerprint density at radius 1 is 0.378 bits per heavy atom. The third-order valence-electron chi connectivity index (χ3n) is 18.0. The van der Waals surface area contributed by atoms with E-state index in [1.807, 2.05) is 64.1 Å². The van der Waals surface area contributed by atoms with E-state index < -0.39 is 22.5 Å². The van der Waals surface area contributed by atoms with E-state index in [2.05, 4.69) is 109 Å². The number of Topliss-reactive ketones (excluding diaryl/α,β-unsaturated/α-hetero) is 2. The number of fused-ring (bicyclic) bond motifs is 8. The minimum Gasteiger partial charge on any atom is -0.289 e. The molecule has 0 radical (unpaired) electrons. The molecule has 6 nitrogen and oxygen atoms in total. The molecule has 0 fully saturated rings. The number of halogens is 2. The summed E-state index contributed by atoms with van der Waals surface area (Å²) in [4.78, 5) is 34.6. The minimum atomic E-state index is -0.947. The quantitative estimate of drug-likeness (QED) is 0.110. The molecule has 11 aromatic rings. The molecule has 0 amide bonds. The average molecular weight is 1240 g/mol. The molecular formula is C78H44F2N4O2S4. The number of aryl methyl sites for hydroxylation is 4. The minimum absolute atomic E-state index is 0.103. The van der Waals surface area contributed by atoms with Crippen LogP contribution in [0.2, 0.25) is 0 Å². The Hall–Kier alpha value is -10.5. The monoisotopic (exact) mass is 1230 g/mol. The summed E-state index contributed by atoms with van der Waals surface area (Å²) in [7, 11) is 0. The normalized spacial score (nSPS) is 15.2. The number of rotatable bonds is 8. The fourth-order valence-corrected chi connectivity index (χ4v) is 18.9. The zero-order valence-electron chi connectivity index (χ0n) is 48.5. The van der Waals surface area contributed by atoms with Gasteiger partial charge in [0.15, 0.2) is 11.6 Å². The molecule has 0 aliphatic heterocycles. The van der Waals surface area contributed by atoms with Crippen LogP contribution < -0.4 is 0 Å². The second-order valence-corrected chi connectivity index (χ2v) is 27.4. The number of benzene rings is 7. The number of nitriles is 4. The largest absolute Gasteiger partial charge is 0.289 e. The van der Waals surface area contributed by atoms with Gasteiger partial charge >= 0.3 is 0 Å². The van der Waals surface area contributed by atoms with Gasteiger partial charge < -0.3 is 0 Å². The van der Waals surface area contributed by atoms with Crippen LogP contribution >= 0.6 is 45.3 Å². The highest BCUT2D eigenvalue weighted by Crippen LogP contribution is 2.65. The third kappa shape index (κ3) is 8.17. The summed E-state index contributed by atoms with van der Waals surface area (Å²) in [5.41, 5.74) is 12.8. The van der Waals surface area contributed by atoms with Crippen molar-refractivity contribution in [2.24, 2.45) is 0 Å². The molecule has 90 heavy (non-hydrogen) atoms. The first-order chi connectivity index (χ1) is 43.7. The van der Waals surface area contributed by atoms with Gasteiger partial charge in [0.25, 0.3) is 0 Å². The third-order valence-corrected chi connectivity index (χ3v) is 22.8. The molecule has 0 spiro atoms. The number of nitrogens with zero attached hydrogens (tertiary/aromatic N) is 4. The van der Waals surface area contributed by atoms with E-state index in [4.69, 9.17) is 0 Å². The van der Waals surface area contributed by atoms with Crippen molar-refractivity contribution in [3.63, 3.8) is 0 Å². The van der Waals surface area contributed by atoms with E-state index in [0.717, 1.165) is 96.0 Å². The number of carbonyl (C=O) groups is 2. The van der Waals surface area contributed by atoms with Crippen molar-refractivity contribution in [2.45, 2.75) is 38.5 Å². The lowest BCUT2D eigenvalue weighted by atomic mass is 9.68. The van der Waals surface area contributed by atoms with Crippen LogP contribution in [-0.4, -0.2) is 11.6 Å². The van der Waals surface area contributed by atoms with Crippen LogP contribution in [0.4, 0.5) is 8.78 Å². The number of hydrogen-bond acceptors (Lipinski definition) is 10. The molecule has 4 heterocycles. The smallest absolute Gasteiger partial charge is 0.194 e. The Bertz CT molecular complexity index is 4870. The predicted octanol–water partition coefficient (Wildman–Crippen LogP) is 19.7. The molecule has 12 heteroatoms. The van der Waals surface area contributed by atoms with Crippen molar-refractivity contribution in [3.8, 4) is 64.7 Å². The molecule has 15 rings (SSSR count). The van der Waals surface area contributed by atoms with Crippen molar-refractivity contribution in [1.82, 2.24) is 0 Å². The second kappa shape index (κ2) is 21.1. The van der Waals surface area contributed by atoms with Gasteiger partial charge in [0.05, 0.1) is 30.3 Å². The average Bonchev–Trinajstić information content (AvgIpc) is 1.53. The van der Waals surface area contributed by atoms with E-state index in [0.29, 0.717) is 43.2 Å². The summed E-state index contributed by atoms with van der Waals surface area (Å²) in [6.07, 6.45) is 3.56. The molecule has 4 aliphatic carbocycles. The molecular weight excluding hydrogens is 1190 g/mol. The second-order valence-electron chi connectivity index (χ2n) is 23.1. The van der Waals surface area contributed by atoms with Crippen molar-refractivity contribution in [1.29, 1.82) is 21.0 Å². The maximum Gasteiger partial charge on any atom is 0.194 e. The predicted molar refractivity (Wildman–Crippen MR) is 356 cm³/mol. The summed E-state index contributed by atoms with van der Waals surface area (Å²) in [5.74, 6) is -1.78. The highest BCUT2D eigenvalue weighted by atomic mass is 32.1. The molecule has 0 bridgehead atoms. The highest BCUT2D eigenvalue weighted by Gasteiger charge is 2.51. The fourth-order valence-electron chi connectivity index (χ4n) is 13.8. The lowest BCUT2D eigenvalue weighted by Gasteiger charge is -2.33. The van der Waals surface area contributed by atoms with Gasteiger partial charge in [0.2, 0.25) is 0 Å². The van der Waals surface area contributed by atoms with Crippen LogP contribution in [0.15, 0.2) is 204 Å². The summed E-state index contributed by atoms with van der Waals surface area (Å²) >= 11 is 5.72. The SMILES string of the molecule is Cc1ccc(C2(c3ccc(C)cc3)c3cc(/C=C4\C(=O)c5ccccc5C4=C(C#N)C#N)sc3-c3sc(-c4cc(F)c(-c5cc6c(s5)-c5sc(/C=C7\C(=O)c8ccccc8C7=C(C#N)C#N)cc5C6(c5ccc(C)cc5)c5ccc(C)cc5)cc4F)cc32)cc1. The van der Waals surface area contributed by atoms with Gasteiger partial charge in [-0.05, 0) is 132 Å². The first kappa shape index (κ1) is 56.0. The van der Waals surface area contributed by atoms with Crippen LogP contribution in [0.3, 0.4) is 0 Å². The summed E-state index contributed by atoms with van der Waals surface area (Å²) in [5, 5.41) is 40.7. The molecule has 4 aliphatic rings. The summed E-state index contributed by atoms with van der Waals surface area (Å²) in [6, 6.07) is 66.5. The van der Waals surface area contributed by atoms with Crippen LogP contribution in [0.5, 0.6) is 0 Å². The van der Waals surface area contributed by atoms with Gasteiger partial charge in [0, 0.05) is 64.1 Å². The van der Waals surface area contributed by atoms with Crippen LogP contribution in [0.1, 0.15) is 108 Å². The van der Waals surface area contributed by atoms with Crippen LogP contribution in [0.25, 0.3) is 63.7 Å². The zero-order chi connectivity index (χ0) is 62.1. The lowest BCUT2D eigenvalue weighted by Crippen LogP contribution is -2.28. The summed E-state index contributed by atoms with van der Waals surface area (Å²) in [6.45, 7) is 8.14. The Balaban J connectivity index is 0.896. The van der Waals surface area contributed by atoms with Crippen LogP contribution in [0, 0.1) is 84.7 Å². The Morgan fingerprint density at radius 2 is 0.667 bits per heavy atom. The van der Waals surface area contributed by atoms with Gasteiger partial charge in [-0.25, -0.2) is 8.78 Å². The Kier molecular flexibility index (Phi) is 13.1. The van der Waals surface area contributed by atoms with E-state index in [1.165, 1.54) is 57.5 Å². The molecule has 0 unspecified atom stereocenters. The number of ketones is 2. The van der Waals surface area contributed by atoms with Gasteiger partial charge in [-0.15, -0.1) is 45.3 Å². The number of hydrogen-bond donors (Lipinski definition) is 0. The maximum atomic E-state index is 17.8. The first-order valence-corrected chi connectivity index (χ1v) is 32.1. The van der Waals surface area contributed by atoms with Crippen molar-refractivity contribution in [2.75, 3.05) is 0 Å². The van der Waals surface area contributed by atoms with E-state index in [9.17, 15) is 30.6 Å². The Morgan fingerprint density at radius 3 is 0.978 bits per heavy atom. The molecule has 0 saturated heterocycles. The zero-order valence-corrected chi connectivity index (χ0v) is 51.7. The summed E-state index contributed by atoms with van der Waals surface area (Å²) < 4.78 is 35.6. The van der Waals surface area contributed by atoms with Gasteiger partial charge in [-0.1, -0.05) is 168 Å². The van der Waals surface area contributed by atoms with E-state index >= 15 is 8.78 Å². The van der Waals surface area contributed by atoms with Crippen LogP contribution in [-0.2, 0) is 10.8 Å². The van der Waals surface area contributed by atoms with E-state index in [-0.39, 0.29) is 45.0 Å². The maximum absolute atomic E-state index is 17.8. The van der Waals surface area contributed by atoms with Gasteiger partial charge in [0.1, 0.15) is 47.1 Å². The molecule has 4 aromatic heterocycles. The number of carbonyl (C=O) groups excluding carboxylic acids is 2. The fraction of sp³-hybridized carbons (Fsp3) is 0.0769. The van der Waals surface area contributed by atoms with Gasteiger partial charge in [-0.3, -0.25) is 9.59 Å². The first-order valence-electron chi connectivity index (χ1n) is 28.9. The lowest BCUT2D eigenvalue weighted by molar-refractivity contribution is 0.103. The number of allylic oxidation sites excluding steroid dienone is 6. The van der Waals surface area contributed by atoms with Crippen molar-refractivity contribution >= 4 is 80.2 Å². The Labute approximate surface area is 533 Å². The van der Waals surface area contributed by atoms with Crippen molar-refractivity contribution in [3.05, 3.63) is 315 Å². The molecule has 0 N–H and O–H groups in total. The standard InChI is InChI=1S/C78H44F2N4O2S4/c1-41-13-21-47(22-14-41)77(48-23-15-42(2)16-24-48)61-31-51(29-59-69(45(37-81)38-82)53-9-5-7-11-55(53)71(59)85)87-73(61)75-63(77)35-67(89-75)57-33-66(80)58(34-65(57)79)68-36-64-76(90-68)74-62(78(64,49-25-17-43(3)18-26-49)50-27-19-44(4)20-28-50)32-52(88-74)30-60-70(46(39-83)40-84)54-10-6-8-12-56(54)72(60)86/h5-36H,1-4H3/b59-29-,60-30-. The van der Waals surface area contributed by atoms with Gasteiger partial charge in [-0.2, -0.15) is 21.0 Å². The molecule has 426 valence electrons. The molecule has 7 aromatic carbocycles.